The SMILES string of the molecule is Cn1cc(CN2CCN(c3ccc4c(=O)n(C5CCCC5)cnc4c3)CC2)ccc1=O. The van der Waals surface area contributed by atoms with Gasteiger partial charge in [-0.25, -0.2) is 4.98 Å². The van der Waals surface area contributed by atoms with Crippen LogP contribution in [0.15, 0.2) is 52.4 Å². The molecule has 3 aromatic rings. The van der Waals surface area contributed by atoms with Crippen LogP contribution in [0.25, 0.3) is 10.9 Å². The predicted molar refractivity (Wildman–Crippen MR) is 123 cm³/mol. The zero-order chi connectivity index (χ0) is 21.4. The molecule has 0 atom stereocenters. The molecule has 1 saturated heterocycles. The maximum absolute atomic E-state index is 12.9. The highest BCUT2D eigenvalue weighted by atomic mass is 16.1. The van der Waals surface area contributed by atoms with Gasteiger partial charge in [0.15, 0.2) is 0 Å². The number of pyridine rings is 1. The Labute approximate surface area is 181 Å². The summed E-state index contributed by atoms with van der Waals surface area (Å²) in [5.74, 6) is 0. The number of anilines is 1. The van der Waals surface area contributed by atoms with Crippen LogP contribution >= 0.6 is 0 Å². The highest BCUT2D eigenvalue weighted by Gasteiger charge is 2.21. The van der Waals surface area contributed by atoms with Gasteiger partial charge in [0, 0.05) is 63.8 Å². The largest absolute Gasteiger partial charge is 0.369 e. The Hall–Kier alpha value is -2.93. The molecule has 0 bridgehead atoms. The topological polar surface area (TPSA) is 63.4 Å². The van der Waals surface area contributed by atoms with Crippen molar-refractivity contribution in [3.8, 4) is 0 Å². The van der Waals surface area contributed by atoms with Gasteiger partial charge in [-0.15, -0.1) is 0 Å². The molecule has 1 aliphatic carbocycles. The van der Waals surface area contributed by atoms with Gasteiger partial charge in [0.1, 0.15) is 0 Å². The zero-order valence-electron chi connectivity index (χ0n) is 18.0. The number of rotatable bonds is 4. The minimum Gasteiger partial charge on any atom is -0.369 e. The van der Waals surface area contributed by atoms with Gasteiger partial charge in [-0.3, -0.25) is 19.1 Å². The summed E-state index contributed by atoms with van der Waals surface area (Å²) in [7, 11) is 1.79. The fraction of sp³-hybridized carbons (Fsp3) is 0.458. The van der Waals surface area contributed by atoms with Crippen LogP contribution in [0, 0.1) is 0 Å². The number of aryl methyl sites for hydroxylation is 1. The van der Waals surface area contributed by atoms with Crippen molar-refractivity contribution in [3.05, 3.63) is 69.1 Å². The van der Waals surface area contributed by atoms with Gasteiger partial charge < -0.3 is 9.47 Å². The van der Waals surface area contributed by atoms with Crippen molar-refractivity contribution in [2.75, 3.05) is 31.1 Å². The number of hydrogen-bond acceptors (Lipinski definition) is 5. The lowest BCUT2D eigenvalue weighted by Crippen LogP contribution is -2.46. The van der Waals surface area contributed by atoms with Crippen LogP contribution in [-0.2, 0) is 13.6 Å². The number of hydrogen-bond donors (Lipinski definition) is 0. The summed E-state index contributed by atoms with van der Waals surface area (Å²) < 4.78 is 3.47. The molecule has 7 heteroatoms. The average molecular weight is 420 g/mol. The van der Waals surface area contributed by atoms with Crippen molar-refractivity contribution in [1.29, 1.82) is 0 Å². The second-order valence-electron chi connectivity index (χ2n) is 8.85. The predicted octanol–water partition coefficient (Wildman–Crippen LogP) is 2.53. The van der Waals surface area contributed by atoms with Crippen molar-refractivity contribution in [2.24, 2.45) is 7.05 Å². The van der Waals surface area contributed by atoms with Crippen LogP contribution in [0.4, 0.5) is 5.69 Å². The molecule has 2 fully saturated rings. The van der Waals surface area contributed by atoms with Crippen LogP contribution in [0.2, 0.25) is 0 Å². The van der Waals surface area contributed by atoms with E-state index >= 15 is 0 Å². The van der Waals surface area contributed by atoms with Gasteiger partial charge in [0.05, 0.1) is 17.2 Å². The molecule has 1 saturated carbocycles. The van der Waals surface area contributed by atoms with E-state index in [-0.39, 0.29) is 11.1 Å². The molecule has 31 heavy (non-hydrogen) atoms. The Balaban J connectivity index is 1.28. The fourth-order valence-corrected chi connectivity index (χ4v) is 4.93. The number of fused-ring (bicyclic) bond motifs is 1. The third kappa shape index (κ3) is 4.02. The summed E-state index contributed by atoms with van der Waals surface area (Å²) in [5.41, 5.74) is 3.17. The smallest absolute Gasteiger partial charge is 0.261 e. The van der Waals surface area contributed by atoms with E-state index in [2.05, 4.69) is 26.9 Å². The molecular weight excluding hydrogens is 390 g/mol. The highest BCUT2D eigenvalue weighted by Crippen LogP contribution is 2.28. The van der Waals surface area contributed by atoms with Gasteiger partial charge in [-0.2, -0.15) is 0 Å². The van der Waals surface area contributed by atoms with Crippen molar-refractivity contribution in [2.45, 2.75) is 38.3 Å². The molecule has 162 valence electrons. The molecule has 2 aliphatic rings. The molecule has 5 rings (SSSR count). The Morgan fingerprint density at radius 2 is 1.77 bits per heavy atom. The van der Waals surface area contributed by atoms with Gasteiger partial charge in [0.25, 0.3) is 5.56 Å². The van der Waals surface area contributed by atoms with Crippen molar-refractivity contribution in [3.63, 3.8) is 0 Å². The summed E-state index contributed by atoms with van der Waals surface area (Å²) in [4.78, 5) is 33.9. The lowest BCUT2D eigenvalue weighted by molar-refractivity contribution is 0.249. The van der Waals surface area contributed by atoms with Crippen LogP contribution in [0.5, 0.6) is 0 Å². The molecule has 0 amide bonds. The van der Waals surface area contributed by atoms with Gasteiger partial charge >= 0.3 is 0 Å². The zero-order valence-corrected chi connectivity index (χ0v) is 18.0. The van der Waals surface area contributed by atoms with E-state index in [1.807, 2.05) is 22.9 Å². The van der Waals surface area contributed by atoms with Gasteiger partial charge in [-0.1, -0.05) is 18.9 Å². The molecule has 7 nitrogen and oxygen atoms in total. The first-order valence-electron chi connectivity index (χ1n) is 11.2. The Morgan fingerprint density at radius 3 is 2.52 bits per heavy atom. The first-order valence-corrected chi connectivity index (χ1v) is 11.2. The summed E-state index contributed by atoms with van der Waals surface area (Å²) in [5, 5.41) is 0.714. The standard InChI is InChI=1S/C24H29N5O2/c1-26-15-18(6-9-23(26)30)16-27-10-12-28(13-11-27)20-7-8-21-22(14-20)25-17-29(24(21)31)19-4-2-3-5-19/h6-9,14-15,17,19H,2-5,10-13,16H2,1H3. The van der Waals surface area contributed by atoms with E-state index in [1.54, 1.807) is 24.0 Å². The fourth-order valence-electron chi connectivity index (χ4n) is 4.93. The van der Waals surface area contributed by atoms with E-state index in [0.717, 1.165) is 62.3 Å². The third-order valence-corrected chi connectivity index (χ3v) is 6.78. The van der Waals surface area contributed by atoms with Crippen molar-refractivity contribution >= 4 is 16.6 Å². The molecule has 0 N–H and O–H groups in total. The Kier molecular flexibility index (Phi) is 5.36. The highest BCUT2D eigenvalue weighted by molar-refractivity contribution is 5.81. The molecule has 3 heterocycles. The number of benzene rings is 1. The maximum atomic E-state index is 12.9. The summed E-state index contributed by atoms with van der Waals surface area (Å²) in [6.07, 6.45) is 8.21. The number of piperazine rings is 1. The van der Waals surface area contributed by atoms with Crippen LogP contribution in [0.3, 0.4) is 0 Å². The molecule has 1 aliphatic heterocycles. The van der Waals surface area contributed by atoms with E-state index in [9.17, 15) is 9.59 Å². The monoisotopic (exact) mass is 419 g/mol. The van der Waals surface area contributed by atoms with Crippen LogP contribution < -0.4 is 16.0 Å². The van der Waals surface area contributed by atoms with Crippen LogP contribution in [0.1, 0.15) is 37.3 Å². The number of nitrogens with zero attached hydrogens (tertiary/aromatic N) is 5. The van der Waals surface area contributed by atoms with Crippen molar-refractivity contribution in [1.82, 2.24) is 19.0 Å². The molecular formula is C24H29N5O2. The molecule has 0 unspecified atom stereocenters. The van der Waals surface area contributed by atoms with E-state index in [1.165, 1.54) is 12.8 Å². The lowest BCUT2D eigenvalue weighted by atomic mass is 10.1. The van der Waals surface area contributed by atoms with Crippen molar-refractivity contribution < 1.29 is 0 Å². The second-order valence-corrected chi connectivity index (χ2v) is 8.85. The quantitative estimate of drug-likeness (QED) is 0.650. The van der Waals surface area contributed by atoms with E-state index in [0.29, 0.717) is 11.4 Å². The summed E-state index contributed by atoms with van der Waals surface area (Å²) >= 11 is 0. The number of aromatic nitrogens is 3. The molecule has 0 radical (unpaired) electrons. The molecule has 0 spiro atoms. The summed E-state index contributed by atoms with van der Waals surface area (Å²) in [6.45, 7) is 4.62. The normalized spacial score (nSPS) is 18.2. The first-order chi connectivity index (χ1) is 15.1. The minimum absolute atomic E-state index is 0.0217. The molecule has 1 aromatic carbocycles. The Morgan fingerprint density at radius 1 is 1.00 bits per heavy atom. The maximum Gasteiger partial charge on any atom is 0.261 e. The summed E-state index contributed by atoms with van der Waals surface area (Å²) in [6, 6.07) is 9.92. The minimum atomic E-state index is 0.0217. The van der Waals surface area contributed by atoms with Crippen LogP contribution in [-0.4, -0.2) is 45.2 Å². The van der Waals surface area contributed by atoms with E-state index in [4.69, 9.17) is 0 Å². The molecule has 2 aromatic heterocycles. The third-order valence-electron chi connectivity index (χ3n) is 6.78. The Bertz CT molecular complexity index is 1200. The van der Waals surface area contributed by atoms with Gasteiger partial charge in [0.2, 0.25) is 5.56 Å². The second kappa shape index (κ2) is 8.30. The lowest BCUT2D eigenvalue weighted by Gasteiger charge is -2.36. The van der Waals surface area contributed by atoms with Gasteiger partial charge in [-0.05, 0) is 36.6 Å². The average Bonchev–Trinajstić information content (AvgIpc) is 3.31. The first kappa shape index (κ1) is 20.0. The van der Waals surface area contributed by atoms with E-state index < -0.39 is 0 Å².